The van der Waals surface area contributed by atoms with Gasteiger partial charge in [0.25, 0.3) is 0 Å². The molecule has 0 unspecified atom stereocenters. The molecule has 0 bridgehead atoms. The summed E-state index contributed by atoms with van der Waals surface area (Å²) in [5.41, 5.74) is 1.22. The lowest BCUT2D eigenvalue weighted by Gasteiger charge is -2.06. The van der Waals surface area contributed by atoms with Crippen LogP contribution in [-0.4, -0.2) is 13.7 Å². The molecular formula is C22H38O2. The third-order valence-electron chi connectivity index (χ3n) is 4.57. The van der Waals surface area contributed by atoms with Gasteiger partial charge in [-0.05, 0) is 24.1 Å². The molecular weight excluding hydrogens is 296 g/mol. The third-order valence-corrected chi connectivity index (χ3v) is 4.57. The van der Waals surface area contributed by atoms with Gasteiger partial charge in [-0.15, -0.1) is 0 Å². The highest BCUT2D eigenvalue weighted by molar-refractivity contribution is 5.26. The van der Waals surface area contributed by atoms with Crippen LogP contribution in [0, 0.1) is 0 Å². The van der Waals surface area contributed by atoms with E-state index in [9.17, 15) is 0 Å². The number of ether oxygens (including phenoxy) is 2. The second kappa shape index (κ2) is 15.5. The van der Waals surface area contributed by atoms with Crippen LogP contribution in [0.5, 0.6) is 5.75 Å². The van der Waals surface area contributed by atoms with Crippen molar-refractivity contribution in [2.45, 2.75) is 90.6 Å². The Morgan fingerprint density at radius 2 is 1.17 bits per heavy atom. The number of hydrogen-bond acceptors (Lipinski definition) is 2. The molecule has 0 fully saturated rings. The SMILES string of the molecule is CCCCCCCCCCCCCCOCc1ccc(OC)cc1. The zero-order valence-electron chi connectivity index (χ0n) is 16.0. The number of hydrogen-bond donors (Lipinski definition) is 0. The molecule has 0 saturated carbocycles. The van der Waals surface area contributed by atoms with Crippen molar-refractivity contribution in [3.63, 3.8) is 0 Å². The highest BCUT2D eigenvalue weighted by Gasteiger charge is 1.96. The summed E-state index contributed by atoms with van der Waals surface area (Å²) in [5.74, 6) is 0.903. The van der Waals surface area contributed by atoms with Crippen molar-refractivity contribution < 1.29 is 9.47 Å². The first-order valence-corrected chi connectivity index (χ1v) is 10.1. The number of methoxy groups -OCH3 is 1. The van der Waals surface area contributed by atoms with E-state index in [0.717, 1.165) is 12.4 Å². The minimum absolute atomic E-state index is 0.710. The van der Waals surface area contributed by atoms with Crippen LogP contribution >= 0.6 is 0 Å². The summed E-state index contributed by atoms with van der Waals surface area (Å²) in [7, 11) is 1.69. The average molecular weight is 335 g/mol. The van der Waals surface area contributed by atoms with Crippen molar-refractivity contribution in [2.75, 3.05) is 13.7 Å². The highest BCUT2D eigenvalue weighted by Crippen LogP contribution is 2.13. The molecule has 24 heavy (non-hydrogen) atoms. The van der Waals surface area contributed by atoms with Gasteiger partial charge in [-0.1, -0.05) is 89.7 Å². The maximum Gasteiger partial charge on any atom is 0.118 e. The van der Waals surface area contributed by atoms with Crippen LogP contribution in [0.2, 0.25) is 0 Å². The van der Waals surface area contributed by atoms with Gasteiger partial charge in [0.2, 0.25) is 0 Å². The molecule has 0 radical (unpaired) electrons. The van der Waals surface area contributed by atoms with Crippen molar-refractivity contribution in [2.24, 2.45) is 0 Å². The number of benzene rings is 1. The Balaban J connectivity index is 1.80. The van der Waals surface area contributed by atoms with Crippen LogP contribution in [-0.2, 0) is 11.3 Å². The topological polar surface area (TPSA) is 18.5 Å². The Hall–Kier alpha value is -1.02. The van der Waals surface area contributed by atoms with Crippen molar-refractivity contribution in [3.8, 4) is 5.75 Å². The van der Waals surface area contributed by atoms with E-state index >= 15 is 0 Å². The minimum atomic E-state index is 0.710. The van der Waals surface area contributed by atoms with Gasteiger partial charge in [-0.25, -0.2) is 0 Å². The smallest absolute Gasteiger partial charge is 0.118 e. The number of unbranched alkanes of at least 4 members (excludes halogenated alkanes) is 11. The fraction of sp³-hybridized carbons (Fsp3) is 0.727. The Morgan fingerprint density at radius 1 is 0.667 bits per heavy atom. The molecule has 0 heterocycles. The van der Waals surface area contributed by atoms with Crippen molar-refractivity contribution in [1.29, 1.82) is 0 Å². The van der Waals surface area contributed by atoms with Crippen LogP contribution in [0.15, 0.2) is 24.3 Å². The van der Waals surface area contributed by atoms with Crippen LogP contribution in [0.3, 0.4) is 0 Å². The van der Waals surface area contributed by atoms with Gasteiger partial charge in [0.1, 0.15) is 5.75 Å². The van der Waals surface area contributed by atoms with Crippen LogP contribution in [0.1, 0.15) is 89.5 Å². The summed E-state index contributed by atoms with van der Waals surface area (Å²) in [6.45, 7) is 3.87. The monoisotopic (exact) mass is 334 g/mol. The van der Waals surface area contributed by atoms with Crippen LogP contribution in [0.4, 0.5) is 0 Å². The first-order valence-electron chi connectivity index (χ1n) is 10.1. The van der Waals surface area contributed by atoms with E-state index in [1.54, 1.807) is 7.11 Å². The first kappa shape index (κ1) is 21.0. The van der Waals surface area contributed by atoms with E-state index in [1.165, 1.54) is 82.6 Å². The molecule has 0 amide bonds. The van der Waals surface area contributed by atoms with Gasteiger partial charge in [0, 0.05) is 6.61 Å². The Labute approximate surface area is 149 Å². The molecule has 0 N–H and O–H groups in total. The third kappa shape index (κ3) is 11.5. The normalized spacial score (nSPS) is 10.9. The summed E-state index contributed by atoms with van der Waals surface area (Å²) in [4.78, 5) is 0. The lowest BCUT2D eigenvalue weighted by Crippen LogP contribution is -1.96. The fourth-order valence-corrected chi connectivity index (χ4v) is 2.96. The second-order valence-corrected chi connectivity index (χ2v) is 6.79. The van der Waals surface area contributed by atoms with E-state index in [0.29, 0.717) is 6.61 Å². The Kier molecular flexibility index (Phi) is 13.6. The molecule has 0 aliphatic carbocycles. The summed E-state index contributed by atoms with van der Waals surface area (Å²) >= 11 is 0. The van der Waals surface area contributed by atoms with Gasteiger partial charge < -0.3 is 9.47 Å². The minimum Gasteiger partial charge on any atom is -0.497 e. The summed E-state index contributed by atoms with van der Waals surface area (Å²) < 4.78 is 10.9. The fourth-order valence-electron chi connectivity index (χ4n) is 2.96. The van der Waals surface area contributed by atoms with E-state index in [4.69, 9.17) is 9.47 Å². The predicted octanol–water partition coefficient (Wildman–Crippen LogP) is 6.91. The van der Waals surface area contributed by atoms with E-state index in [2.05, 4.69) is 19.1 Å². The molecule has 0 aliphatic rings. The number of rotatable bonds is 16. The van der Waals surface area contributed by atoms with E-state index in [-0.39, 0.29) is 0 Å². The molecule has 1 rings (SSSR count). The molecule has 2 heteroatoms. The maximum absolute atomic E-state index is 5.74. The lowest BCUT2D eigenvalue weighted by molar-refractivity contribution is 0.116. The molecule has 1 aromatic carbocycles. The van der Waals surface area contributed by atoms with Gasteiger partial charge in [-0.2, -0.15) is 0 Å². The second-order valence-electron chi connectivity index (χ2n) is 6.79. The van der Waals surface area contributed by atoms with Crippen LogP contribution < -0.4 is 4.74 Å². The summed E-state index contributed by atoms with van der Waals surface area (Å²) in [5, 5.41) is 0. The molecule has 0 aromatic heterocycles. The van der Waals surface area contributed by atoms with Crippen LogP contribution in [0.25, 0.3) is 0 Å². The molecule has 0 atom stereocenters. The van der Waals surface area contributed by atoms with Gasteiger partial charge in [-0.3, -0.25) is 0 Å². The van der Waals surface area contributed by atoms with Crippen molar-refractivity contribution in [3.05, 3.63) is 29.8 Å². The Morgan fingerprint density at radius 3 is 1.67 bits per heavy atom. The quantitative estimate of drug-likeness (QED) is 0.306. The maximum atomic E-state index is 5.74. The molecule has 2 nitrogen and oxygen atoms in total. The van der Waals surface area contributed by atoms with Gasteiger partial charge >= 0.3 is 0 Å². The predicted molar refractivity (Wildman–Crippen MR) is 104 cm³/mol. The van der Waals surface area contributed by atoms with Gasteiger partial charge in [0.05, 0.1) is 13.7 Å². The van der Waals surface area contributed by atoms with Crippen molar-refractivity contribution >= 4 is 0 Å². The molecule has 138 valence electrons. The zero-order chi connectivity index (χ0) is 17.3. The van der Waals surface area contributed by atoms with E-state index in [1.807, 2.05) is 12.1 Å². The standard InChI is InChI=1S/C22H38O2/c1-3-4-5-6-7-8-9-10-11-12-13-14-19-24-20-21-15-17-22(23-2)18-16-21/h15-18H,3-14,19-20H2,1-2H3. The first-order chi connectivity index (χ1) is 11.9. The summed E-state index contributed by atoms with van der Waals surface area (Å²) in [6, 6.07) is 8.12. The molecule has 0 aliphatic heterocycles. The largest absolute Gasteiger partial charge is 0.497 e. The molecule has 1 aromatic rings. The molecule has 0 spiro atoms. The average Bonchev–Trinajstić information content (AvgIpc) is 2.62. The molecule has 0 saturated heterocycles. The summed E-state index contributed by atoms with van der Waals surface area (Å²) in [6.07, 6.45) is 16.6. The Bertz CT molecular complexity index is 372. The van der Waals surface area contributed by atoms with E-state index < -0.39 is 0 Å². The van der Waals surface area contributed by atoms with Gasteiger partial charge in [0.15, 0.2) is 0 Å². The van der Waals surface area contributed by atoms with Crippen molar-refractivity contribution in [1.82, 2.24) is 0 Å². The highest BCUT2D eigenvalue weighted by atomic mass is 16.5. The lowest BCUT2D eigenvalue weighted by atomic mass is 10.1. The zero-order valence-corrected chi connectivity index (χ0v) is 16.0.